The molecule has 5 fully saturated rings. The lowest BCUT2D eigenvalue weighted by molar-refractivity contribution is -0.181. The lowest BCUT2D eigenvalue weighted by Gasteiger charge is -2.55. The van der Waals surface area contributed by atoms with E-state index in [1.54, 1.807) is 12.1 Å². The minimum atomic E-state index is -0.225. The van der Waals surface area contributed by atoms with Crippen LogP contribution in [0.2, 0.25) is 0 Å². The molecular formula is C37H46O5. The van der Waals surface area contributed by atoms with Crippen LogP contribution in [0.15, 0.2) is 73.3 Å². The van der Waals surface area contributed by atoms with Crippen molar-refractivity contribution in [1.29, 1.82) is 0 Å². The predicted molar refractivity (Wildman–Crippen MR) is 168 cm³/mol. The largest absolute Gasteiger partial charge is 0.508 e. The van der Waals surface area contributed by atoms with Gasteiger partial charge in [-0.15, -0.1) is 0 Å². The van der Waals surface area contributed by atoms with E-state index in [0.717, 1.165) is 66.7 Å². The third-order valence-corrected chi connectivity index (χ3v) is 9.17. The van der Waals surface area contributed by atoms with Crippen LogP contribution in [0.25, 0.3) is 12.2 Å². The molecule has 1 unspecified atom stereocenters. The van der Waals surface area contributed by atoms with Crippen LogP contribution in [0.1, 0.15) is 88.7 Å². The standard InChI is InChI=1S/C24H28O3.C13H18O2/c1-19(26-23-9-3-2-4-10-23)27-24-17-13-21(14-18-24)8-6-5-7-20-11-15-22(25)16-12-20;1-2-12(14)15-13-6-9-3-10(7-13)5-11(4-9)8-13/h5-8,11-19,23,25H,2-4,9-10H2,1H3;2,9-11H,1,3-8H2. The van der Waals surface area contributed by atoms with E-state index < -0.39 is 0 Å². The molecule has 224 valence electrons. The number of rotatable bonds is 9. The molecule has 5 nitrogen and oxygen atoms in total. The first-order chi connectivity index (χ1) is 20.4. The van der Waals surface area contributed by atoms with E-state index in [9.17, 15) is 9.90 Å². The molecule has 0 saturated heterocycles. The number of carbonyl (C=O) groups is 1. The first kappa shape index (κ1) is 30.2. The summed E-state index contributed by atoms with van der Waals surface area (Å²) in [5, 5.41) is 9.28. The summed E-state index contributed by atoms with van der Waals surface area (Å²) in [5.74, 6) is 3.37. The smallest absolute Gasteiger partial charge is 0.330 e. The van der Waals surface area contributed by atoms with E-state index in [1.165, 1.54) is 44.6 Å². The zero-order valence-corrected chi connectivity index (χ0v) is 25.0. The van der Waals surface area contributed by atoms with Gasteiger partial charge in [-0.2, -0.15) is 0 Å². The van der Waals surface area contributed by atoms with Gasteiger partial charge in [-0.05, 0) is 111 Å². The second-order valence-corrected chi connectivity index (χ2v) is 12.7. The van der Waals surface area contributed by atoms with E-state index in [-0.39, 0.29) is 23.6 Å². The van der Waals surface area contributed by atoms with Crippen LogP contribution in [0, 0.1) is 17.8 Å². The molecule has 2 aromatic carbocycles. The number of hydrogen-bond donors (Lipinski definition) is 1. The van der Waals surface area contributed by atoms with Crippen molar-refractivity contribution in [2.75, 3.05) is 0 Å². The van der Waals surface area contributed by atoms with Crippen LogP contribution in [-0.2, 0) is 14.3 Å². The van der Waals surface area contributed by atoms with E-state index >= 15 is 0 Å². The van der Waals surface area contributed by atoms with E-state index in [4.69, 9.17) is 14.2 Å². The first-order valence-corrected chi connectivity index (χ1v) is 15.8. The zero-order chi connectivity index (χ0) is 29.4. The van der Waals surface area contributed by atoms with Crippen molar-refractivity contribution in [2.45, 2.75) is 95.5 Å². The van der Waals surface area contributed by atoms with Crippen molar-refractivity contribution in [2.24, 2.45) is 17.8 Å². The molecule has 0 amide bonds. The fourth-order valence-corrected chi connectivity index (χ4v) is 7.68. The minimum Gasteiger partial charge on any atom is -0.508 e. The molecule has 0 radical (unpaired) electrons. The molecule has 5 heteroatoms. The van der Waals surface area contributed by atoms with Crippen molar-refractivity contribution >= 4 is 18.1 Å². The molecule has 0 spiro atoms. The summed E-state index contributed by atoms with van der Waals surface area (Å²) >= 11 is 0. The SMILES string of the molecule is C=CC(=O)OC12CC3CC(CC(C3)C1)C2.CC(Oc1ccc(C=CC=Cc2ccc(O)cc2)cc1)OC1CCCCC1. The van der Waals surface area contributed by atoms with E-state index in [0.29, 0.717) is 6.10 Å². The Hall–Kier alpha value is -3.31. The Labute approximate surface area is 251 Å². The highest BCUT2D eigenvalue weighted by Crippen LogP contribution is 2.57. The maximum atomic E-state index is 11.4. The quantitative estimate of drug-likeness (QED) is 0.141. The van der Waals surface area contributed by atoms with Crippen LogP contribution in [0.3, 0.4) is 0 Å². The fraction of sp³-hybridized carbons (Fsp3) is 0.486. The predicted octanol–water partition coefficient (Wildman–Crippen LogP) is 8.88. The van der Waals surface area contributed by atoms with Gasteiger partial charge in [-0.3, -0.25) is 0 Å². The van der Waals surface area contributed by atoms with Crippen LogP contribution in [0.4, 0.5) is 0 Å². The molecule has 5 aliphatic rings. The fourth-order valence-electron chi connectivity index (χ4n) is 7.68. The summed E-state index contributed by atoms with van der Waals surface area (Å²) in [6, 6.07) is 15.1. The second-order valence-electron chi connectivity index (χ2n) is 12.7. The van der Waals surface area contributed by atoms with Gasteiger partial charge in [-0.1, -0.05) is 74.4 Å². The number of hydrogen-bond acceptors (Lipinski definition) is 5. The van der Waals surface area contributed by atoms with Gasteiger partial charge >= 0.3 is 5.97 Å². The van der Waals surface area contributed by atoms with E-state index in [1.807, 2.05) is 67.6 Å². The Kier molecular flexibility index (Phi) is 10.2. The van der Waals surface area contributed by atoms with Crippen molar-refractivity contribution in [1.82, 2.24) is 0 Å². The minimum absolute atomic E-state index is 0.0972. The summed E-state index contributed by atoms with van der Waals surface area (Å²) < 4.78 is 17.5. The Morgan fingerprint density at radius 2 is 1.38 bits per heavy atom. The molecular weight excluding hydrogens is 524 g/mol. The number of phenols is 1. The van der Waals surface area contributed by atoms with Gasteiger partial charge in [0.2, 0.25) is 0 Å². The average molecular weight is 571 g/mol. The number of aromatic hydroxyl groups is 1. The lowest BCUT2D eigenvalue weighted by atomic mass is 9.54. The molecule has 42 heavy (non-hydrogen) atoms. The topological polar surface area (TPSA) is 65.0 Å². The monoisotopic (exact) mass is 570 g/mol. The molecule has 0 aromatic heterocycles. The van der Waals surface area contributed by atoms with Crippen LogP contribution < -0.4 is 4.74 Å². The maximum absolute atomic E-state index is 11.4. The van der Waals surface area contributed by atoms with Crippen LogP contribution in [-0.4, -0.2) is 29.1 Å². The van der Waals surface area contributed by atoms with Gasteiger partial charge < -0.3 is 19.3 Å². The summed E-state index contributed by atoms with van der Waals surface area (Å²) in [6.45, 7) is 5.45. The Morgan fingerprint density at radius 3 is 1.90 bits per heavy atom. The van der Waals surface area contributed by atoms with Crippen LogP contribution in [0.5, 0.6) is 11.5 Å². The number of ether oxygens (including phenoxy) is 3. The lowest BCUT2D eigenvalue weighted by Crippen LogP contribution is -2.52. The molecule has 1 atom stereocenters. The second kappa shape index (κ2) is 14.2. The van der Waals surface area contributed by atoms with Gasteiger partial charge in [0.1, 0.15) is 17.1 Å². The number of allylic oxidation sites excluding steroid dienone is 2. The van der Waals surface area contributed by atoms with Gasteiger partial charge in [0, 0.05) is 6.08 Å². The Bertz CT molecular complexity index is 1180. The zero-order valence-electron chi connectivity index (χ0n) is 25.0. The highest BCUT2D eigenvalue weighted by atomic mass is 16.7. The summed E-state index contributed by atoms with van der Waals surface area (Å²) in [6.07, 6.45) is 23.1. The van der Waals surface area contributed by atoms with Gasteiger partial charge in [0.25, 0.3) is 0 Å². The summed E-state index contributed by atoms with van der Waals surface area (Å²) in [7, 11) is 0. The third kappa shape index (κ3) is 8.61. The van der Waals surface area contributed by atoms with Crippen molar-refractivity contribution < 1.29 is 24.1 Å². The summed E-state index contributed by atoms with van der Waals surface area (Å²) in [5.41, 5.74) is 2.06. The van der Waals surface area contributed by atoms with Crippen molar-refractivity contribution in [3.8, 4) is 11.5 Å². The Balaban J connectivity index is 0.000000196. The molecule has 5 saturated carbocycles. The van der Waals surface area contributed by atoms with Crippen molar-refractivity contribution in [3.63, 3.8) is 0 Å². The number of esters is 1. The molecule has 0 aliphatic heterocycles. The first-order valence-electron chi connectivity index (χ1n) is 15.8. The molecule has 1 N–H and O–H groups in total. The molecule has 7 rings (SSSR count). The third-order valence-electron chi connectivity index (χ3n) is 9.17. The number of phenolic OH excluding ortho intramolecular Hbond substituents is 1. The summed E-state index contributed by atoms with van der Waals surface area (Å²) in [4.78, 5) is 11.4. The number of benzene rings is 2. The van der Waals surface area contributed by atoms with Gasteiger partial charge in [0.15, 0.2) is 6.29 Å². The normalized spacial score (nSPS) is 27.4. The molecule has 5 aliphatic carbocycles. The van der Waals surface area contributed by atoms with Crippen molar-refractivity contribution in [3.05, 3.63) is 84.5 Å². The highest BCUT2D eigenvalue weighted by molar-refractivity contribution is 5.81. The van der Waals surface area contributed by atoms with E-state index in [2.05, 4.69) is 6.58 Å². The van der Waals surface area contributed by atoms with Crippen LogP contribution >= 0.6 is 0 Å². The maximum Gasteiger partial charge on any atom is 0.330 e. The number of carbonyl (C=O) groups excluding carboxylic acids is 1. The molecule has 2 aromatic rings. The molecule has 4 bridgehead atoms. The average Bonchev–Trinajstić information content (AvgIpc) is 2.97. The Morgan fingerprint density at radius 1 is 0.857 bits per heavy atom. The van der Waals surface area contributed by atoms with Gasteiger partial charge in [-0.25, -0.2) is 4.79 Å². The van der Waals surface area contributed by atoms with Gasteiger partial charge in [0.05, 0.1) is 6.10 Å². The highest BCUT2D eigenvalue weighted by Gasteiger charge is 2.53. The molecule has 0 heterocycles.